The van der Waals surface area contributed by atoms with E-state index in [0.29, 0.717) is 12.5 Å². The molecule has 5 aliphatic rings. The number of hydrogen-bond acceptors (Lipinski definition) is 3. The van der Waals surface area contributed by atoms with Gasteiger partial charge in [0.05, 0.1) is 21.7 Å². The van der Waals surface area contributed by atoms with Crippen molar-refractivity contribution in [3.8, 4) is 0 Å². The normalized spacial score (nSPS) is 42.5. The Hall–Kier alpha value is -0.200. The van der Waals surface area contributed by atoms with Crippen molar-refractivity contribution in [3.63, 3.8) is 0 Å². The number of ether oxygens (including phenoxy) is 1. The van der Waals surface area contributed by atoms with Crippen molar-refractivity contribution < 1.29 is 9.53 Å². The second-order valence-corrected chi connectivity index (χ2v) is 10.3. The Bertz CT molecular complexity index is 548. The van der Waals surface area contributed by atoms with Crippen LogP contribution in [0.2, 0.25) is 0 Å². The molecular formula is C16H23BrN2O2S. The molecule has 6 heteroatoms. The molecule has 0 aromatic rings. The Morgan fingerprint density at radius 3 is 2.86 bits per heavy atom. The molecule has 122 valence electrons. The summed E-state index contributed by atoms with van der Waals surface area (Å²) in [6.45, 7) is 1.56. The number of amides is 1. The summed E-state index contributed by atoms with van der Waals surface area (Å²) >= 11 is 3.61. The molecule has 4 saturated carbocycles. The highest BCUT2D eigenvalue weighted by Gasteiger charge is 2.61. The minimum absolute atomic E-state index is 0.0756. The minimum Gasteiger partial charge on any atom is -0.383 e. The van der Waals surface area contributed by atoms with Crippen LogP contribution in [-0.2, 0) is 20.2 Å². The van der Waals surface area contributed by atoms with Gasteiger partial charge in [-0.3, -0.25) is 4.79 Å². The van der Waals surface area contributed by atoms with Gasteiger partial charge in [0.1, 0.15) is 0 Å². The third kappa shape index (κ3) is 2.42. The first-order chi connectivity index (χ1) is 10.6. The molecule has 0 aromatic carbocycles. The molecule has 1 heterocycles. The van der Waals surface area contributed by atoms with E-state index in [9.17, 15) is 4.79 Å². The monoisotopic (exact) mass is 386 g/mol. The molecule has 4 nitrogen and oxygen atoms in total. The molecule has 1 amide bonds. The summed E-state index contributed by atoms with van der Waals surface area (Å²) in [5, 5.41) is 0. The summed E-state index contributed by atoms with van der Waals surface area (Å²) < 4.78 is 10.9. The van der Waals surface area contributed by atoms with E-state index in [0.717, 1.165) is 40.9 Å². The van der Waals surface area contributed by atoms with Gasteiger partial charge in [-0.05, 0) is 76.5 Å². The fourth-order valence-electron chi connectivity index (χ4n) is 5.21. The maximum atomic E-state index is 13.0. The topological polar surface area (TPSA) is 41.9 Å². The van der Waals surface area contributed by atoms with Gasteiger partial charge in [0.25, 0.3) is 5.91 Å². The van der Waals surface area contributed by atoms with Gasteiger partial charge in [-0.1, -0.05) is 0 Å². The maximum Gasteiger partial charge on any atom is 0.258 e. The third-order valence-corrected chi connectivity index (χ3v) is 8.83. The van der Waals surface area contributed by atoms with Crippen molar-refractivity contribution in [1.82, 2.24) is 4.90 Å². The fraction of sp³-hybridized carbons (Fsp3) is 0.812. The van der Waals surface area contributed by atoms with E-state index in [-0.39, 0.29) is 22.0 Å². The number of nitrogens with zero attached hydrogens (tertiary/aromatic N) is 2. The lowest BCUT2D eigenvalue weighted by atomic mass is 9.75. The van der Waals surface area contributed by atoms with Gasteiger partial charge in [0.15, 0.2) is 0 Å². The van der Waals surface area contributed by atoms with Crippen molar-refractivity contribution >= 4 is 32.5 Å². The quantitative estimate of drug-likeness (QED) is 0.744. The average molecular weight is 387 g/mol. The highest BCUT2D eigenvalue weighted by Crippen LogP contribution is 2.65. The molecule has 0 radical (unpaired) electrons. The van der Waals surface area contributed by atoms with Gasteiger partial charge in [0, 0.05) is 19.9 Å². The lowest BCUT2D eigenvalue weighted by Crippen LogP contribution is -2.32. The van der Waals surface area contributed by atoms with Gasteiger partial charge < -0.3 is 9.64 Å². The van der Waals surface area contributed by atoms with Crippen molar-refractivity contribution in [1.29, 1.82) is 0 Å². The van der Waals surface area contributed by atoms with E-state index in [1.165, 1.54) is 19.3 Å². The molecule has 0 saturated heterocycles. The smallest absolute Gasteiger partial charge is 0.258 e. The van der Waals surface area contributed by atoms with Crippen molar-refractivity contribution in [3.05, 3.63) is 10.0 Å². The SMILES string of the molecule is COCCN1C=C(Br)S(=NC(=O)C23CC4CC(CC2C4)C3)C1. The molecule has 4 aliphatic carbocycles. The number of methoxy groups -OCH3 is 1. The predicted molar refractivity (Wildman–Crippen MR) is 91.2 cm³/mol. The fourth-order valence-corrected chi connectivity index (χ4v) is 7.46. The molecule has 4 bridgehead atoms. The Morgan fingerprint density at radius 1 is 1.45 bits per heavy atom. The van der Waals surface area contributed by atoms with Crippen LogP contribution in [0.15, 0.2) is 14.4 Å². The van der Waals surface area contributed by atoms with E-state index in [1.807, 2.05) is 0 Å². The standard InChI is InChI=1S/C16H23BrN2O2S/c1-21-3-2-19-9-14(17)22(10-19)18-15(20)16-7-11-4-12(8-16)6-13(16)5-11/h9,11-13H,2-8,10H2,1H3. The van der Waals surface area contributed by atoms with Gasteiger partial charge in [0.2, 0.25) is 0 Å². The van der Waals surface area contributed by atoms with E-state index >= 15 is 0 Å². The molecule has 5 rings (SSSR count). The molecular weight excluding hydrogens is 364 g/mol. The van der Waals surface area contributed by atoms with Gasteiger partial charge >= 0.3 is 0 Å². The van der Waals surface area contributed by atoms with E-state index < -0.39 is 0 Å². The lowest BCUT2D eigenvalue weighted by molar-refractivity contribution is -0.128. The molecule has 3 unspecified atom stereocenters. The summed E-state index contributed by atoms with van der Waals surface area (Å²) in [6, 6.07) is 0. The van der Waals surface area contributed by atoms with Crippen LogP contribution in [-0.4, -0.2) is 36.9 Å². The number of hydrogen-bond donors (Lipinski definition) is 0. The molecule has 0 aromatic heterocycles. The Kier molecular flexibility index (Phi) is 3.98. The average Bonchev–Trinajstić information content (AvgIpc) is 3.04. The summed E-state index contributed by atoms with van der Waals surface area (Å²) in [5.74, 6) is 3.28. The van der Waals surface area contributed by atoms with Crippen LogP contribution in [0, 0.1) is 23.2 Å². The highest BCUT2D eigenvalue weighted by atomic mass is 79.9. The number of carbonyl (C=O) groups excluding carboxylic acids is 1. The Morgan fingerprint density at radius 2 is 2.18 bits per heavy atom. The van der Waals surface area contributed by atoms with Crippen LogP contribution in [0.4, 0.5) is 0 Å². The summed E-state index contributed by atoms with van der Waals surface area (Å²) in [5.41, 5.74) is -0.0756. The van der Waals surface area contributed by atoms with E-state index in [4.69, 9.17) is 4.74 Å². The van der Waals surface area contributed by atoms with Gasteiger partial charge in [-0.2, -0.15) is 4.36 Å². The summed E-state index contributed by atoms with van der Waals surface area (Å²) in [4.78, 5) is 15.2. The van der Waals surface area contributed by atoms with Crippen LogP contribution in [0.25, 0.3) is 0 Å². The van der Waals surface area contributed by atoms with Crippen molar-refractivity contribution in [2.75, 3.05) is 26.1 Å². The van der Waals surface area contributed by atoms with Gasteiger partial charge in [-0.15, -0.1) is 0 Å². The van der Waals surface area contributed by atoms with Crippen LogP contribution < -0.4 is 0 Å². The zero-order valence-electron chi connectivity index (χ0n) is 13.0. The zero-order valence-corrected chi connectivity index (χ0v) is 15.4. The number of halogens is 1. The molecule has 0 N–H and O–H groups in total. The summed E-state index contributed by atoms with van der Waals surface area (Å²) in [7, 11) is 1.40. The molecule has 22 heavy (non-hydrogen) atoms. The summed E-state index contributed by atoms with van der Waals surface area (Å²) in [6.07, 6.45) is 8.23. The van der Waals surface area contributed by atoms with Crippen LogP contribution in [0.1, 0.15) is 32.1 Å². The van der Waals surface area contributed by atoms with Crippen molar-refractivity contribution in [2.24, 2.45) is 27.5 Å². The first-order valence-corrected chi connectivity index (χ1v) is 10.3. The molecule has 3 atom stereocenters. The van der Waals surface area contributed by atoms with Crippen LogP contribution >= 0.6 is 15.9 Å². The minimum atomic E-state index is -0.319. The first-order valence-electron chi connectivity index (χ1n) is 8.18. The first kappa shape index (κ1) is 15.3. The second-order valence-electron chi connectivity index (χ2n) is 7.33. The largest absolute Gasteiger partial charge is 0.383 e. The van der Waals surface area contributed by atoms with E-state index in [2.05, 4.69) is 31.4 Å². The maximum absolute atomic E-state index is 13.0. The lowest BCUT2D eigenvalue weighted by Gasteiger charge is -2.29. The highest BCUT2D eigenvalue weighted by molar-refractivity contribution is 9.13. The van der Waals surface area contributed by atoms with Crippen molar-refractivity contribution in [2.45, 2.75) is 32.1 Å². The Balaban J connectivity index is 1.49. The van der Waals surface area contributed by atoms with E-state index in [1.54, 1.807) is 7.11 Å². The number of rotatable bonds is 4. The Labute approximate surface area is 142 Å². The van der Waals surface area contributed by atoms with Crippen LogP contribution in [0.5, 0.6) is 0 Å². The third-order valence-electron chi connectivity index (χ3n) is 5.99. The molecule has 4 fully saturated rings. The van der Waals surface area contributed by atoms with Crippen LogP contribution in [0.3, 0.4) is 0 Å². The zero-order chi connectivity index (χ0) is 15.3. The molecule has 0 spiro atoms. The molecule has 1 aliphatic heterocycles. The predicted octanol–water partition coefficient (Wildman–Crippen LogP) is 3.25. The second kappa shape index (κ2) is 5.71. The van der Waals surface area contributed by atoms with Gasteiger partial charge in [-0.25, -0.2) is 0 Å². The number of carbonyl (C=O) groups is 1.